The van der Waals surface area contributed by atoms with Gasteiger partial charge in [0.2, 0.25) is 0 Å². The summed E-state index contributed by atoms with van der Waals surface area (Å²) in [6.07, 6.45) is 29.7. The Bertz CT molecular complexity index is 303. The summed E-state index contributed by atoms with van der Waals surface area (Å²) >= 11 is 3.49. The highest BCUT2D eigenvalue weighted by Crippen LogP contribution is 2.13. The molecule has 0 N–H and O–H groups in total. The number of alkyl halides is 1. The highest BCUT2D eigenvalue weighted by Gasteiger charge is 2.02. The van der Waals surface area contributed by atoms with Crippen LogP contribution < -0.4 is 0 Å². The van der Waals surface area contributed by atoms with Crippen molar-refractivity contribution < 1.29 is 9.53 Å². The molecule has 0 aromatic heterocycles. The minimum absolute atomic E-state index is 0.0190. The monoisotopic (exact) mass is 488 g/mol. The summed E-state index contributed by atoms with van der Waals surface area (Å²) in [5, 5.41) is 1.15. The second-order valence-corrected chi connectivity index (χ2v) is 9.88. The van der Waals surface area contributed by atoms with Crippen LogP contribution in [0.4, 0.5) is 0 Å². The van der Waals surface area contributed by atoms with Crippen LogP contribution in [-0.2, 0) is 9.53 Å². The minimum atomic E-state index is 0.0190. The lowest BCUT2D eigenvalue weighted by molar-refractivity contribution is -0.143. The van der Waals surface area contributed by atoms with Gasteiger partial charge in [-0.25, -0.2) is 0 Å². The van der Waals surface area contributed by atoms with Crippen LogP contribution >= 0.6 is 15.9 Å². The molecule has 0 unspecified atom stereocenters. The quantitative estimate of drug-likeness (QED) is 0.0724. The van der Waals surface area contributed by atoms with Crippen LogP contribution in [0.5, 0.6) is 0 Å². The molecule has 0 atom stereocenters. The van der Waals surface area contributed by atoms with E-state index in [0.29, 0.717) is 13.0 Å². The Morgan fingerprint density at radius 1 is 0.533 bits per heavy atom. The van der Waals surface area contributed by atoms with Gasteiger partial charge >= 0.3 is 5.97 Å². The van der Waals surface area contributed by atoms with Crippen LogP contribution in [0.25, 0.3) is 0 Å². The molecule has 0 fully saturated rings. The van der Waals surface area contributed by atoms with Crippen LogP contribution in [-0.4, -0.2) is 17.9 Å². The van der Waals surface area contributed by atoms with Gasteiger partial charge in [0.1, 0.15) is 0 Å². The van der Waals surface area contributed by atoms with Crippen LogP contribution in [0.2, 0.25) is 0 Å². The number of carbonyl (C=O) groups excluding carboxylic acids is 1. The number of carbonyl (C=O) groups is 1. The van der Waals surface area contributed by atoms with Crippen LogP contribution in [0.1, 0.15) is 155 Å². The lowest BCUT2D eigenvalue weighted by Gasteiger charge is -2.06. The van der Waals surface area contributed by atoms with E-state index in [1.165, 1.54) is 128 Å². The summed E-state index contributed by atoms with van der Waals surface area (Å²) in [6.45, 7) is 2.90. The van der Waals surface area contributed by atoms with E-state index < -0.39 is 0 Å². The van der Waals surface area contributed by atoms with Gasteiger partial charge in [0, 0.05) is 11.8 Å². The van der Waals surface area contributed by atoms with Crippen molar-refractivity contribution in [3.05, 3.63) is 0 Å². The lowest BCUT2D eigenvalue weighted by atomic mass is 10.1. The van der Waals surface area contributed by atoms with Crippen LogP contribution in [0.3, 0.4) is 0 Å². The molecule has 0 bridgehead atoms. The van der Waals surface area contributed by atoms with Gasteiger partial charge in [-0.1, -0.05) is 145 Å². The molecule has 0 aliphatic rings. The zero-order valence-electron chi connectivity index (χ0n) is 20.4. The van der Waals surface area contributed by atoms with E-state index in [2.05, 4.69) is 22.9 Å². The molecule has 0 aliphatic heterocycles. The number of hydrogen-bond donors (Lipinski definition) is 0. The molecule has 0 rings (SSSR count). The molecule has 3 heteroatoms. The molecule has 30 heavy (non-hydrogen) atoms. The molecule has 0 saturated carbocycles. The number of hydrogen-bond acceptors (Lipinski definition) is 2. The molecule has 0 heterocycles. The third-order valence-electron chi connectivity index (χ3n) is 6.03. The highest BCUT2D eigenvalue weighted by atomic mass is 79.9. The zero-order valence-corrected chi connectivity index (χ0v) is 22.0. The third-order valence-corrected chi connectivity index (χ3v) is 6.59. The average molecular weight is 490 g/mol. The maximum atomic E-state index is 11.8. The van der Waals surface area contributed by atoms with Crippen molar-refractivity contribution in [2.45, 2.75) is 155 Å². The van der Waals surface area contributed by atoms with Gasteiger partial charge in [0.05, 0.1) is 6.61 Å². The summed E-state index contributed by atoms with van der Waals surface area (Å²) in [5.41, 5.74) is 0. The maximum Gasteiger partial charge on any atom is 0.305 e. The average Bonchev–Trinajstić information content (AvgIpc) is 2.75. The molecule has 0 radical (unpaired) electrons. The summed E-state index contributed by atoms with van der Waals surface area (Å²) in [4.78, 5) is 11.8. The second kappa shape index (κ2) is 27.0. The van der Waals surface area contributed by atoms with Crippen molar-refractivity contribution in [2.75, 3.05) is 11.9 Å². The third kappa shape index (κ3) is 26.0. The van der Waals surface area contributed by atoms with Gasteiger partial charge in [0.15, 0.2) is 0 Å². The Hall–Kier alpha value is -0.0500. The molecule has 180 valence electrons. The lowest BCUT2D eigenvalue weighted by Crippen LogP contribution is -2.05. The van der Waals surface area contributed by atoms with Crippen molar-refractivity contribution in [3.8, 4) is 0 Å². The number of rotatable bonds is 25. The van der Waals surface area contributed by atoms with E-state index in [4.69, 9.17) is 4.74 Å². The fourth-order valence-electron chi connectivity index (χ4n) is 3.98. The van der Waals surface area contributed by atoms with Crippen molar-refractivity contribution >= 4 is 21.9 Å². The first-order valence-electron chi connectivity index (χ1n) is 13.5. The molecule has 0 amide bonds. The molecular weight excluding hydrogens is 436 g/mol. The van der Waals surface area contributed by atoms with Gasteiger partial charge in [-0.2, -0.15) is 0 Å². The van der Waals surface area contributed by atoms with Crippen molar-refractivity contribution in [3.63, 3.8) is 0 Å². The molecule has 2 nitrogen and oxygen atoms in total. The molecule has 0 saturated heterocycles. The molecule has 0 aromatic rings. The van der Waals surface area contributed by atoms with Gasteiger partial charge in [-0.3, -0.25) is 4.79 Å². The van der Waals surface area contributed by atoms with E-state index in [1.807, 2.05) is 0 Å². The summed E-state index contributed by atoms with van der Waals surface area (Å²) < 4.78 is 5.38. The fourth-order valence-corrected chi connectivity index (χ4v) is 4.38. The minimum Gasteiger partial charge on any atom is -0.466 e. The normalized spacial score (nSPS) is 11.1. The first kappa shape index (κ1) is 29.9. The largest absolute Gasteiger partial charge is 0.466 e. The van der Waals surface area contributed by atoms with Gasteiger partial charge in [0.25, 0.3) is 0 Å². The Balaban J connectivity index is 3.14. The maximum absolute atomic E-state index is 11.8. The highest BCUT2D eigenvalue weighted by molar-refractivity contribution is 9.09. The van der Waals surface area contributed by atoms with Crippen molar-refractivity contribution in [1.82, 2.24) is 0 Å². The summed E-state index contributed by atoms with van der Waals surface area (Å²) in [5.74, 6) is 0.0190. The number of esters is 1. The number of halogens is 1. The molecule has 0 spiro atoms. The van der Waals surface area contributed by atoms with Crippen molar-refractivity contribution in [2.24, 2.45) is 0 Å². The first-order chi connectivity index (χ1) is 14.8. The van der Waals surface area contributed by atoms with Crippen LogP contribution in [0.15, 0.2) is 0 Å². The fraction of sp³-hybridized carbons (Fsp3) is 0.963. The Labute approximate surface area is 197 Å². The number of ether oxygens (including phenoxy) is 1. The topological polar surface area (TPSA) is 26.3 Å². The standard InChI is InChI=1S/C27H53BrO2/c1-2-3-4-5-6-7-11-14-17-20-23-26-30-27(29)24-21-18-15-12-9-8-10-13-16-19-22-25-28/h2-26H2,1H3. The summed E-state index contributed by atoms with van der Waals surface area (Å²) in [6, 6.07) is 0. The molecular formula is C27H53BrO2. The Kier molecular flexibility index (Phi) is 26.9. The summed E-state index contributed by atoms with van der Waals surface area (Å²) in [7, 11) is 0. The zero-order chi connectivity index (χ0) is 22.0. The second-order valence-electron chi connectivity index (χ2n) is 9.08. The van der Waals surface area contributed by atoms with E-state index in [9.17, 15) is 4.79 Å². The SMILES string of the molecule is CCCCCCCCCCCCCOC(=O)CCCCCCCCCCCCCBr. The van der Waals surface area contributed by atoms with Gasteiger partial charge < -0.3 is 4.74 Å². The van der Waals surface area contributed by atoms with Gasteiger partial charge in [-0.05, 0) is 19.3 Å². The molecule has 0 aromatic carbocycles. The van der Waals surface area contributed by atoms with E-state index in [-0.39, 0.29) is 5.97 Å². The first-order valence-corrected chi connectivity index (χ1v) is 14.6. The van der Waals surface area contributed by atoms with Crippen molar-refractivity contribution in [1.29, 1.82) is 0 Å². The van der Waals surface area contributed by atoms with Crippen LogP contribution in [0, 0.1) is 0 Å². The molecule has 0 aliphatic carbocycles. The van der Waals surface area contributed by atoms with E-state index >= 15 is 0 Å². The van der Waals surface area contributed by atoms with E-state index in [1.54, 1.807) is 0 Å². The van der Waals surface area contributed by atoms with Gasteiger partial charge in [-0.15, -0.1) is 0 Å². The predicted octanol–water partition coefficient (Wildman–Crippen LogP) is 9.92. The number of unbranched alkanes of at least 4 members (excludes halogenated alkanes) is 20. The van der Waals surface area contributed by atoms with E-state index in [0.717, 1.165) is 18.2 Å². The predicted molar refractivity (Wildman–Crippen MR) is 137 cm³/mol. The smallest absolute Gasteiger partial charge is 0.305 e. The Morgan fingerprint density at radius 2 is 0.900 bits per heavy atom. The Morgan fingerprint density at radius 3 is 1.33 bits per heavy atom.